The van der Waals surface area contributed by atoms with E-state index in [0.29, 0.717) is 0 Å². The molecule has 11 heavy (non-hydrogen) atoms. The summed E-state index contributed by atoms with van der Waals surface area (Å²) in [5, 5.41) is 0. The van der Waals surface area contributed by atoms with E-state index >= 15 is 0 Å². The maximum Gasteiger partial charge on any atom is 0.175 e. The molecule has 0 amide bonds. The van der Waals surface area contributed by atoms with Gasteiger partial charge < -0.3 is 15.2 Å². The Morgan fingerprint density at radius 3 is 1.82 bits per heavy atom. The molecule has 0 aromatic heterocycles. The highest BCUT2D eigenvalue weighted by Crippen LogP contribution is 2.50. The van der Waals surface area contributed by atoms with Crippen LogP contribution in [0, 0.1) is 5.41 Å². The van der Waals surface area contributed by atoms with Crippen LogP contribution in [0.3, 0.4) is 0 Å². The van der Waals surface area contributed by atoms with Gasteiger partial charge in [0.1, 0.15) is 0 Å². The minimum Gasteiger partial charge on any atom is -0.353 e. The molecule has 1 fully saturated rings. The Bertz CT molecular complexity index is 152. The van der Waals surface area contributed by atoms with E-state index < -0.39 is 5.79 Å². The van der Waals surface area contributed by atoms with Gasteiger partial charge in [0.15, 0.2) is 5.79 Å². The summed E-state index contributed by atoms with van der Waals surface area (Å²) in [7, 11) is 3.33. The average molecular weight is 159 g/mol. The molecule has 0 bridgehead atoms. The lowest BCUT2D eigenvalue weighted by Crippen LogP contribution is -2.68. The van der Waals surface area contributed by atoms with Gasteiger partial charge in [0.25, 0.3) is 0 Å². The second-order valence-electron chi connectivity index (χ2n) is 3.69. The average Bonchev–Trinajstić information content (AvgIpc) is 1.99. The molecule has 0 heterocycles. The number of ether oxygens (including phenoxy) is 2. The van der Waals surface area contributed by atoms with Gasteiger partial charge in [0, 0.05) is 32.1 Å². The number of hydrogen-bond acceptors (Lipinski definition) is 3. The van der Waals surface area contributed by atoms with Crippen LogP contribution >= 0.6 is 0 Å². The van der Waals surface area contributed by atoms with E-state index in [2.05, 4.69) is 13.8 Å². The van der Waals surface area contributed by atoms with E-state index in [1.165, 1.54) is 0 Å². The summed E-state index contributed by atoms with van der Waals surface area (Å²) >= 11 is 0. The highest BCUT2D eigenvalue weighted by Gasteiger charge is 2.60. The molecule has 1 aliphatic carbocycles. The van der Waals surface area contributed by atoms with Crippen molar-refractivity contribution in [3.63, 3.8) is 0 Å². The molecule has 1 saturated carbocycles. The van der Waals surface area contributed by atoms with Crippen LogP contribution in [-0.2, 0) is 9.47 Å². The summed E-state index contributed by atoms with van der Waals surface area (Å²) in [4.78, 5) is 0. The Morgan fingerprint density at radius 2 is 1.73 bits per heavy atom. The molecule has 1 aliphatic rings. The minimum absolute atomic E-state index is 0.0729. The summed E-state index contributed by atoms with van der Waals surface area (Å²) in [6, 6.07) is 0.183. The molecule has 0 aromatic carbocycles. The first kappa shape index (κ1) is 8.97. The normalized spacial score (nSPS) is 33.0. The van der Waals surface area contributed by atoms with Crippen molar-refractivity contribution in [3.05, 3.63) is 0 Å². The van der Waals surface area contributed by atoms with Gasteiger partial charge >= 0.3 is 0 Å². The fourth-order valence-corrected chi connectivity index (χ4v) is 1.74. The van der Waals surface area contributed by atoms with Gasteiger partial charge in [-0.3, -0.25) is 0 Å². The lowest BCUT2D eigenvalue weighted by Gasteiger charge is -2.57. The molecular weight excluding hydrogens is 142 g/mol. The van der Waals surface area contributed by atoms with Gasteiger partial charge in [-0.1, -0.05) is 13.8 Å². The summed E-state index contributed by atoms with van der Waals surface area (Å²) in [5.74, 6) is -0.452. The third kappa shape index (κ3) is 0.916. The highest BCUT2D eigenvalue weighted by atomic mass is 16.7. The van der Waals surface area contributed by atoms with Gasteiger partial charge in [-0.2, -0.15) is 0 Å². The largest absolute Gasteiger partial charge is 0.353 e. The standard InChI is InChI=1S/C8H17NO2/c1-7(2)6(9)5-8(7,10-3)11-4/h6H,5,9H2,1-4H3. The third-order valence-corrected chi connectivity index (χ3v) is 3.06. The van der Waals surface area contributed by atoms with Crippen molar-refractivity contribution >= 4 is 0 Å². The number of nitrogens with two attached hydrogens (primary N) is 1. The van der Waals surface area contributed by atoms with Gasteiger partial charge in [0.2, 0.25) is 0 Å². The van der Waals surface area contributed by atoms with Gasteiger partial charge in [-0.25, -0.2) is 0 Å². The maximum absolute atomic E-state index is 5.82. The smallest absolute Gasteiger partial charge is 0.175 e. The Balaban J connectivity index is 2.75. The molecule has 3 nitrogen and oxygen atoms in total. The van der Waals surface area contributed by atoms with Crippen molar-refractivity contribution in [3.8, 4) is 0 Å². The van der Waals surface area contributed by atoms with Crippen molar-refractivity contribution in [1.82, 2.24) is 0 Å². The fourth-order valence-electron chi connectivity index (χ4n) is 1.74. The predicted octanol–water partition coefficient (Wildman–Crippen LogP) is 0.733. The van der Waals surface area contributed by atoms with Gasteiger partial charge in [-0.05, 0) is 0 Å². The minimum atomic E-state index is -0.452. The van der Waals surface area contributed by atoms with Crippen molar-refractivity contribution in [2.45, 2.75) is 32.1 Å². The second kappa shape index (κ2) is 2.44. The number of rotatable bonds is 2. The first-order chi connectivity index (χ1) is 5.00. The monoisotopic (exact) mass is 159 g/mol. The van der Waals surface area contributed by atoms with Gasteiger partial charge in [0.05, 0.1) is 0 Å². The van der Waals surface area contributed by atoms with Crippen molar-refractivity contribution in [2.75, 3.05) is 14.2 Å². The van der Waals surface area contributed by atoms with Crippen LogP contribution in [0.15, 0.2) is 0 Å². The first-order valence-corrected chi connectivity index (χ1v) is 3.86. The number of hydrogen-bond donors (Lipinski definition) is 1. The van der Waals surface area contributed by atoms with Crippen molar-refractivity contribution in [1.29, 1.82) is 0 Å². The SMILES string of the molecule is COC1(OC)CC(N)C1(C)C. The van der Waals surface area contributed by atoms with E-state index in [9.17, 15) is 0 Å². The zero-order valence-electron chi connectivity index (χ0n) is 7.68. The summed E-state index contributed by atoms with van der Waals surface area (Å²) in [5.41, 5.74) is 5.75. The van der Waals surface area contributed by atoms with Crippen LogP contribution in [-0.4, -0.2) is 26.0 Å². The molecule has 0 radical (unpaired) electrons. The molecule has 0 saturated heterocycles. The molecule has 66 valence electrons. The van der Waals surface area contributed by atoms with Crippen LogP contribution < -0.4 is 5.73 Å². The summed E-state index contributed by atoms with van der Waals surface area (Å²) < 4.78 is 10.6. The molecule has 1 rings (SSSR count). The molecule has 2 N–H and O–H groups in total. The lowest BCUT2D eigenvalue weighted by molar-refractivity contribution is -0.327. The molecule has 0 aliphatic heterocycles. The fraction of sp³-hybridized carbons (Fsp3) is 1.00. The van der Waals surface area contributed by atoms with Crippen molar-refractivity contribution < 1.29 is 9.47 Å². The second-order valence-corrected chi connectivity index (χ2v) is 3.69. The zero-order valence-corrected chi connectivity index (χ0v) is 7.68. The number of methoxy groups -OCH3 is 2. The van der Waals surface area contributed by atoms with Crippen LogP contribution in [0.5, 0.6) is 0 Å². The third-order valence-electron chi connectivity index (χ3n) is 3.06. The van der Waals surface area contributed by atoms with Crippen LogP contribution in [0.2, 0.25) is 0 Å². The van der Waals surface area contributed by atoms with E-state index in [4.69, 9.17) is 15.2 Å². The summed E-state index contributed by atoms with van der Waals surface area (Å²) in [6.45, 7) is 4.13. The molecule has 1 unspecified atom stereocenters. The Labute approximate surface area is 67.9 Å². The van der Waals surface area contributed by atoms with Crippen LogP contribution in [0.4, 0.5) is 0 Å². The Hall–Kier alpha value is -0.120. The molecule has 3 heteroatoms. The van der Waals surface area contributed by atoms with E-state index in [0.717, 1.165) is 6.42 Å². The topological polar surface area (TPSA) is 44.5 Å². The van der Waals surface area contributed by atoms with Crippen LogP contribution in [0.1, 0.15) is 20.3 Å². The Kier molecular flexibility index (Phi) is 1.99. The predicted molar refractivity (Wildman–Crippen MR) is 43.1 cm³/mol. The molecule has 0 spiro atoms. The molecule has 1 atom stereocenters. The van der Waals surface area contributed by atoms with Gasteiger partial charge in [-0.15, -0.1) is 0 Å². The molecule has 0 aromatic rings. The lowest BCUT2D eigenvalue weighted by atomic mass is 9.62. The van der Waals surface area contributed by atoms with E-state index in [1.54, 1.807) is 14.2 Å². The van der Waals surface area contributed by atoms with E-state index in [-0.39, 0.29) is 11.5 Å². The highest BCUT2D eigenvalue weighted by molar-refractivity contribution is 5.07. The summed E-state index contributed by atoms with van der Waals surface area (Å²) in [6.07, 6.45) is 0.785. The first-order valence-electron chi connectivity index (χ1n) is 3.86. The quantitative estimate of drug-likeness (QED) is 0.604. The maximum atomic E-state index is 5.82. The van der Waals surface area contributed by atoms with E-state index in [1.807, 2.05) is 0 Å². The molecular formula is C8H17NO2. The Morgan fingerprint density at radius 1 is 1.27 bits per heavy atom. The zero-order chi connectivity index (χ0) is 8.70. The van der Waals surface area contributed by atoms with Crippen LogP contribution in [0.25, 0.3) is 0 Å². The van der Waals surface area contributed by atoms with Crippen molar-refractivity contribution in [2.24, 2.45) is 11.1 Å².